The zero-order valence-electron chi connectivity index (χ0n) is 10.1. The summed E-state index contributed by atoms with van der Waals surface area (Å²) >= 11 is 0. The second kappa shape index (κ2) is 6.60. The second-order valence-corrected chi connectivity index (χ2v) is 3.66. The van der Waals surface area contributed by atoms with Gasteiger partial charge >= 0.3 is 0 Å². The normalized spacial score (nSPS) is 13.2. The molecule has 2 atom stereocenters. The highest BCUT2D eigenvalue weighted by Gasteiger charge is 2.23. The van der Waals surface area contributed by atoms with Crippen LogP contribution in [0.5, 0.6) is 11.5 Å². The van der Waals surface area contributed by atoms with Gasteiger partial charge in [-0.3, -0.25) is 4.79 Å². The number of nitrogens with zero attached hydrogens (tertiary/aromatic N) is 3. The summed E-state index contributed by atoms with van der Waals surface area (Å²) in [5, 5.41) is 32.3. The number of aliphatic hydroxyl groups excluding tert-OH is 2. The molecule has 3 N–H and O–H groups in total. The van der Waals surface area contributed by atoms with Crippen molar-refractivity contribution >= 4 is 6.29 Å². The number of aliphatic hydroxyl groups is 2. The molecule has 0 bridgehead atoms. The van der Waals surface area contributed by atoms with Gasteiger partial charge in [0.15, 0.2) is 17.8 Å². The molecule has 0 fully saturated rings. The lowest BCUT2D eigenvalue weighted by molar-refractivity contribution is 0.0239. The molecule has 1 aromatic carbocycles. The van der Waals surface area contributed by atoms with Crippen LogP contribution in [-0.4, -0.2) is 41.4 Å². The summed E-state index contributed by atoms with van der Waals surface area (Å²) in [6.07, 6.45) is -2.51. The first kappa shape index (κ1) is 14.8. The van der Waals surface area contributed by atoms with Gasteiger partial charge in [0.2, 0.25) is 0 Å². The van der Waals surface area contributed by atoms with Gasteiger partial charge in [0.25, 0.3) is 0 Å². The molecule has 0 aliphatic rings. The van der Waals surface area contributed by atoms with Crippen molar-refractivity contribution in [1.82, 2.24) is 0 Å². The van der Waals surface area contributed by atoms with Crippen LogP contribution in [0, 0.1) is 0 Å². The highest BCUT2D eigenvalue weighted by atomic mass is 16.5. The average Bonchev–Trinajstić information content (AvgIpc) is 2.43. The maximum atomic E-state index is 11.0. The first-order valence-corrected chi connectivity index (χ1v) is 5.28. The lowest BCUT2D eigenvalue weighted by Gasteiger charge is -2.19. The van der Waals surface area contributed by atoms with Crippen LogP contribution >= 0.6 is 0 Å². The summed E-state index contributed by atoms with van der Waals surface area (Å²) in [5.41, 5.74) is 7.97. The molecule has 19 heavy (non-hydrogen) atoms. The summed E-state index contributed by atoms with van der Waals surface area (Å²) < 4.78 is 4.83. The van der Waals surface area contributed by atoms with Crippen LogP contribution in [-0.2, 0) is 0 Å². The highest BCUT2D eigenvalue weighted by Crippen LogP contribution is 2.34. The van der Waals surface area contributed by atoms with Crippen molar-refractivity contribution in [2.24, 2.45) is 5.11 Å². The molecule has 0 saturated carbocycles. The van der Waals surface area contributed by atoms with E-state index in [1.807, 2.05) is 0 Å². The molecular weight excluding hydrogens is 254 g/mol. The van der Waals surface area contributed by atoms with E-state index in [9.17, 15) is 20.1 Å². The van der Waals surface area contributed by atoms with Gasteiger partial charge in [-0.1, -0.05) is 11.2 Å². The third kappa shape index (κ3) is 3.14. The van der Waals surface area contributed by atoms with E-state index in [1.165, 1.54) is 19.2 Å². The molecule has 0 heterocycles. The molecular formula is C11H13N3O5. The number of rotatable bonds is 6. The van der Waals surface area contributed by atoms with Crippen LogP contribution in [0.2, 0.25) is 0 Å². The van der Waals surface area contributed by atoms with Gasteiger partial charge in [0.05, 0.1) is 25.3 Å². The van der Waals surface area contributed by atoms with Crippen LogP contribution in [0.25, 0.3) is 10.4 Å². The number of aldehydes is 1. The Labute approximate surface area is 108 Å². The number of hydrogen-bond donors (Lipinski definition) is 3. The van der Waals surface area contributed by atoms with Gasteiger partial charge in [-0.25, -0.2) is 0 Å². The summed E-state index contributed by atoms with van der Waals surface area (Å²) in [6.45, 7) is -0.358. The SMILES string of the molecule is COc1ccc(C(O)C(O)CN=[N+]=[N-])c(C=O)c1O. The number of phenols is 1. The van der Waals surface area contributed by atoms with Crippen molar-refractivity contribution < 1.29 is 24.9 Å². The molecule has 0 radical (unpaired) electrons. The Kier molecular flexibility index (Phi) is 5.13. The molecule has 1 aromatic rings. The lowest BCUT2D eigenvalue weighted by Crippen LogP contribution is -2.22. The molecule has 0 amide bonds. The zero-order chi connectivity index (χ0) is 14.4. The fraction of sp³-hybridized carbons (Fsp3) is 0.364. The predicted octanol–water partition coefficient (Wildman–Crippen LogP) is 0.918. The average molecular weight is 267 g/mol. The standard InChI is InChI=1S/C11H13N3O5/c1-19-9-3-2-6(7(5-15)11(9)18)10(17)8(16)4-13-14-12/h2-3,5,8,10,16-18H,4H2,1H3. The Bertz CT molecular complexity index is 513. The lowest BCUT2D eigenvalue weighted by atomic mass is 9.98. The van der Waals surface area contributed by atoms with E-state index in [0.29, 0.717) is 6.29 Å². The molecule has 0 aromatic heterocycles. The summed E-state index contributed by atoms with van der Waals surface area (Å²) in [7, 11) is 1.32. The Morgan fingerprint density at radius 2 is 2.21 bits per heavy atom. The first-order valence-electron chi connectivity index (χ1n) is 5.28. The fourth-order valence-corrected chi connectivity index (χ4v) is 1.58. The van der Waals surface area contributed by atoms with E-state index in [2.05, 4.69) is 10.0 Å². The Hall–Kier alpha value is -2.28. The van der Waals surface area contributed by atoms with Crippen LogP contribution in [0.4, 0.5) is 0 Å². The monoisotopic (exact) mass is 267 g/mol. The van der Waals surface area contributed by atoms with E-state index >= 15 is 0 Å². The van der Waals surface area contributed by atoms with Gasteiger partial charge in [-0.05, 0) is 17.2 Å². The number of carbonyl (C=O) groups is 1. The van der Waals surface area contributed by atoms with Crippen molar-refractivity contribution in [2.75, 3.05) is 13.7 Å². The third-order valence-electron chi connectivity index (χ3n) is 2.57. The molecule has 2 unspecified atom stereocenters. The summed E-state index contributed by atoms with van der Waals surface area (Å²) in [5.74, 6) is -0.354. The minimum absolute atomic E-state index is 0.0222. The molecule has 0 aliphatic carbocycles. The van der Waals surface area contributed by atoms with E-state index < -0.39 is 18.0 Å². The van der Waals surface area contributed by atoms with Crippen LogP contribution in [0.15, 0.2) is 17.2 Å². The largest absolute Gasteiger partial charge is 0.504 e. The van der Waals surface area contributed by atoms with Gasteiger partial charge in [-0.15, -0.1) is 0 Å². The minimum Gasteiger partial charge on any atom is -0.504 e. The summed E-state index contributed by atoms with van der Waals surface area (Å²) in [4.78, 5) is 13.4. The minimum atomic E-state index is -1.47. The maximum Gasteiger partial charge on any atom is 0.168 e. The third-order valence-corrected chi connectivity index (χ3v) is 2.57. The maximum absolute atomic E-state index is 11.0. The number of ether oxygens (including phenoxy) is 1. The van der Waals surface area contributed by atoms with E-state index in [1.54, 1.807) is 0 Å². The van der Waals surface area contributed by atoms with Crippen molar-refractivity contribution in [1.29, 1.82) is 0 Å². The molecule has 0 aliphatic heterocycles. The molecule has 1 rings (SSSR count). The van der Waals surface area contributed by atoms with Gasteiger partial charge in [0, 0.05) is 4.91 Å². The van der Waals surface area contributed by atoms with E-state index in [4.69, 9.17) is 10.3 Å². The quantitative estimate of drug-likeness (QED) is 0.304. The summed E-state index contributed by atoms with van der Waals surface area (Å²) in [6, 6.07) is 2.69. The highest BCUT2D eigenvalue weighted by molar-refractivity contribution is 5.83. The number of phenolic OH excluding ortho intramolecular Hbond substituents is 1. The molecule has 0 saturated heterocycles. The molecule has 102 valence electrons. The van der Waals surface area contributed by atoms with Crippen LogP contribution < -0.4 is 4.74 Å². The Morgan fingerprint density at radius 1 is 1.53 bits per heavy atom. The first-order chi connectivity index (χ1) is 9.06. The van der Waals surface area contributed by atoms with Gasteiger partial charge in [-0.2, -0.15) is 0 Å². The van der Waals surface area contributed by atoms with Crippen molar-refractivity contribution in [3.63, 3.8) is 0 Å². The van der Waals surface area contributed by atoms with E-state index in [0.717, 1.165) is 0 Å². The number of aromatic hydroxyl groups is 1. The van der Waals surface area contributed by atoms with Crippen molar-refractivity contribution in [3.8, 4) is 11.5 Å². The zero-order valence-corrected chi connectivity index (χ0v) is 10.1. The van der Waals surface area contributed by atoms with Gasteiger partial charge in [0.1, 0.15) is 6.10 Å². The van der Waals surface area contributed by atoms with Gasteiger partial charge < -0.3 is 20.1 Å². The second-order valence-electron chi connectivity index (χ2n) is 3.66. The number of azide groups is 1. The number of hydrogen-bond acceptors (Lipinski definition) is 6. The van der Waals surface area contributed by atoms with Crippen molar-refractivity contribution in [3.05, 3.63) is 33.7 Å². The number of methoxy groups -OCH3 is 1. The van der Waals surface area contributed by atoms with E-state index in [-0.39, 0.29) is 23.4 Å². The number of benzene rings is 1. The van der Waals surface area contributed by atoms with Crippen molar-refractivity contribution in [2.45, 2.75) is 12.2 Å². The Morgan fingerprint density at radius 3 is 2.74 bits per heavy atom. The number of carbonyl (C=O) groups excluding carboxylic acids is 1. The molecule has 0 spiro atoms. The van der Waals surface area contributed by atoms with Crippen LogP contribution in [0.1, 0.15) is 22.0 Å². The Balaban J connectivity index is 3.16. The molecule has 8 heteroatoms. The van der Waals surface area contributed by atoms with Crippen LogP contribution in [0.3, 0.4) is 0 Å². The fourth-order valence-electron chi connectivity index (χ4n) is 1.58. The smallest absolute Gasteiger partial charge is 0.168 e. The molecule has 8 nitrogen and oxygen atoms in total. The topological polar surface area (TPSA) is 136 Å². The predicted molar refractivity (Wildman–Crippen MR) is 65.0 cm³/mol.